The monoisotopic (exact) mass is 305 g/mol. The molecule has 6 heteroatoms. The third kappa shape index (κ3) is 3.40. The fraction of sp³-hybridized carbons (Fsp3) is 0.300. The van der Waals surface area contributed by atoms with E-state index in [4.69, 9.17) is 10.8 Å². The molecule has 0 spiro atoms. The van der Waals surface area contributed by atoms with Crippen molar-refractivity contribution in [2.24, 2.45) is 5.73 Å². The molecule has 4 nitrogen and oxygen atoms in total. The van der Waals surface area contributed by atoms with Crippen molar-refractivity contribution in [2.75, 3.05) is 6.54 Å². The van der Waals surface area contributed by atoms with Crippen molar-refractivity contribution >= 4 is 32.7 Å². The molecule has 0 aromatic heterocycles. The molecule has 3 N–H and O–H groups in total. The van der Waals surface area contributed by atoms with E-state index in [9.17, 15) is 9.00 Å². The summed E-state index contributed by atoms with van der Waals surface area (Å²) in [4.78, 5) is 11.4. The maximum Gasteiger partial charge on any atom is 0.319 e. The molecule has 0 amide bonds. The molecule has 0 heterocycles. The van der Waals surface area contributed by atoms with Crippen LogP contribution >= 0.6 is 15.9 Å². The number of aliphatic carboxylic acids is 1. The Labute approximate surface area is 104 Å². The van der Waals surface area contributed by atoms with Gasteiger partial charge in [-0.15, -0.1) is 0 Å². The first-order chi connectivity index (χ1) is 7.56. The van der Waals surface area contributed by atoms with Gasteiger partial charge in [-0.1, -0.05) is 15.9 Å². The number of benzene rings is 1. The topological polar surface area (TPSA) is 80.4 Å². The molecule has 1 rings (SSSR count). The van der Waals surface area contributed by atoms with E-state index in [0.29, 0.717) is 4.90 Å². The summed E-state index contributed by atoms with van der Waals surface area (Å²) >= 11 is 3.26. The first kappa shape index (κ1) is 13.3. The lowest BCUT2D eigenvalue weighted by Crippen LogP contribution is -2.28. The Morgan fingerprint density at radius 3 is 2.44 bits per heavy atom. The Balaban J connectivity index is 2.90. The van der Waals surface area contributed by atoms with Crippen LogP contribution in [0.1, 0.15) is 6.42 Å². The third-order valence-corrected chi connectivity index (χ3v) is 4.23. The van der Waals surface area contributed by atoms with Crippen molar-refractivity contribution in [3.63, 3.8) is 0 Å². The summed E-state index contributed by atoms with van der Waals surface area (Å²) in [5.74, 6) is -1.08. The Kier molecular flexibility index (Phi) is 5.11. The van der Waals surface area contributed by atoms with Crippen molar-refractivity contribution in [3.8, 4) is 0 Å². The molecule has 0 fully saturated rings. The zero-order valence-corrected chi connectivity index (χ0v) is 10.8. The van der Waals surface area contributed by atoms with Crippen LogP contribution in [0.5, 0.6) is 0 Å². The number of carboxylic acids is 1. The lowest BCUT2D eigenvalue weighted by atomic mass is 10.3. The Hall–Kier alpha value is -0.720. The fourth-order valence-corrected chi connectivity index (χ4v) is 2.74. The van der Waals surface area contributed by atoms with Gasteiger partial charge in [0, 0.05) is 9.37 Å². The van der Waals surface area contributed by atoms with E-state index in [-0.39, 0.29) is 13.0 Å². The number of carbonyl (C=O) groups is 1. The highest BCUT2D eigenvalue weighted by Gasteiger charge is 2.24. The van der Waals surface area contributed by atoms with Gasteiger partial charge in [0.1, 0.15) is 5.25 Å². The number of halogens is 1. The lowest BCUT2D eigenvalue weighted by molar-refractivity contribution is -0.136. The third-order valence-electron chi connectivity index (χ3n) is 2.01. The van der Waals surface area contributed by atoms with Crippen LogP contribution in [0.4, 0.5) is 0 Å². The molecular weight excluding hydrogens is 294 g/mol. The van der Waals surface area contributed by atoms with Crippen molar-refractivity contribution in [3.05, 3.63) is 28.7 Å². The molecule has 0 bridgehead atoms. The minimum Gasteiger partial charge on any atom is -0.480 e. The normalized spacial score (nSPS) is 14.4. The smallest absolute Gasteiger partial charge is 0.319 e. The molecule has 2 unspecified atom stereocenters. The average molecular weight is 306 g/mol. The van der Waals surface area contributed by atoms with Gasteiger partial charge in [-0.3, -0.25) is 9.00 Å². The molecule has 16 heavy (non-hydrogen) atoms. The van der Waals surface area contributed by atoms with Crippen LogP contribution < -0.4 is 5.73 Å². The number of carboxylic acid groups (broad SMARTS) is 1. The molecule has 88 valence electrons. The average Bonchev–Trinajstić information content (AvgIpc) is 2.25. The van der Waals surface area contributed by atoms with E-state index in [2.05, 4.69) is 15.9 Å². The number of hydrogen-bond acceptors (Lipinski definition) is 3. The first-order valence-electron chi connectivity index (χ1n) is 4.65. The zero-order chi connectivity index (χ0) is 12.1. The second-order valence-corrected chi connectivity index (χ2v) is 5.71. The van der Waals surface area contributed by atoms with E-state index in [1.54, 1.807) is 24.3 Å². The van der Waals surface area contributed by atoms with Crippen molar-refractivity contribution in [1.82, 2.24) is 0 Å². The highest BCUT2D eigenvalue weighted by atomic mass is 79.9. The largest absolute Gasteiger partial charge is 0.480 e. The summed E-state index contributed by atoms with van der Waals surface area (Å²) in [6.45, 7) is 0.208. The van der Waals surface area contributed by atoms with Gasteiger partial charge in [0.25, 0.3) is 0 Å². The standard InChI is InChI=1S/C10H12BrNO3S/c11-7-1-3-8(4-2-7)16(15)9(5-6-12)10(13)14/h1-4,9H,5-6,12H2,(H,13,14). The molecule has 0 saturated heterocycles. The van der Waals surface area contributed by atoms with Crippen LogP contribution in [0, 0.1) is 0 Å². The maximum atomic E-state index is 11.9. The Morgan fingerprint density at radius 1 is 1.44 bits per heavy atom. The van der Waals surface area contributed by atoms with Gasteiger partial charge in [-0.05, 0) is 37.2 Å². The van der Waals surface area contributed by atoms with Crippen molar-refractivity contribution in [1.29, 1.82) is 0 Å². The molecule has 0 saturated carbocycles. The number of rotatable bonds is 5. The SMILES string of the molecule is NCCC(C(=O)O)S(=O)c1ccc(Br)cc1. The minimum atomic E-state index is -1.56. The summed E-state index contributed by atoms with van der Waals surface area (Å²) in [5.41, 5.74) is 5.30. The predicted molar refractivity (Wildman–Crippen MR) is 65.6 cm³/mol. The van der Waals surface area contributed by atoms with Crippen LogP contribution in [0.3, 0.4) is 0 Å². The van der Waals surface area contributed by atoms with Gasteiger partial charge in [-0.2, -0.15) is 0 Å². The maximum absolute atomic E-state index is 11.9. The van der Waals surface area contributed by atoms with E-state index in [1.165, 1.54) is 0 Å². The molecule has 2 atom stereocenters. The zero-order valence-electron chi connectivity index (χ0n) is 8.43. The number of hydrogen-bond donors (Lipinski definition) is 2. The molecule has 0 aliphatic carbocycles. The molecule has 1 aromatic carbocycles. The van der Waals surface area contributed by atoms with Crippen LogP contribution in [0.15, 0.2) is 33.6 Å². The second kappa shape index (κ2) is 6.12. The highest BCUT2D eigenvalue weighted by Crippen LogP contribution is 2.17. The summed E-state index contributed by atoms with van der Waals surface area (Å²) in [7, 11) is -1.56. The summed E-state index contributed by atoms with van der Waals surface area (Å²) < 4.78 is 12.8. The minimum absolute atomic E-state index is 0.206. The van der Waals surface area contributed by atoms with E-state index >= 15 is 0 Å². The summed E-state index contributed by atoms with van der Waals surface area (Å²) in [5, 5.41) is 7.99. The van der Waals surface area contributed by atoms with Crippen LogP contribution in [0.25, 0.3) is 0 Å². The van der Waals surface area contributed by atoms with Gasteiger partial charge in [-0.25, -0.2) is 0 Å². The van der Waals surface area contributed by atoms with Gasteiger partial charge >= 0.3 is 5.97 Å². The van der Waals surface area contributed by atoms with E-state index < -0.39 is 22.0 Å². The van der Waals surface area contributed by atoms with Crippen LogP contribution in [-0.4, -0.2) is 27.1 Å². The van der Waals surface area contributed by atoms with Gasteiger partial charge in [0.2, 0.25) is 0 Å². The summed E-state index contributed by atoms with van der Waals surface area (Å²) in [6.07, 6.45) is 0.206. The second-order valence-electron chi connectivity index (χ2n) is 3.16. The van der Waals surface area contributed by atoms with Crippen LogP contribution in [0.2, 0.25) is 0 Å². The highest BCUT2D eigenvalue weighted by molar-refractivity contribution is 9.10. The molecule has 0 aliphatic heterocycles. The molecular formula is C10H12BrNO3S. The van der Waals surface area contributed by atoms with Gasteiger partial charge in [0.05, 0.1) is 10.8 Å². The Bertz CT molecular complexity index is 394. The molecule has 0 aliphatic rings. The van der Waals surface area contributed by atoms with E-state index in [1.807, 2.05) is 0 Å². The fourth-order valence-electron chi connectivity index (χ4n) is 1.21. The van der Waals surface area contributed by atoms with Gasteiger partial charge < -0.3 is 10.8 Å². The van der Waals surface area contributed by atoms with Crippen LogP contribution in [-0.2, 0) is 15.6 Å². The first-order valence-corrected chi connectivity index (χ1v) is 6.66. The quantitative estimate of drug-likeness (QED) is 0.861. The van der Waals surface area contributed by atoms with E-state index in [0.717, 1.165) is 4.47 Å². The van der Waals surface area contributed by atoms with Crippen molar-refractivity contribution < 1.29 is 14.1 Å². The summed E-state index contributed by atoms with van der Waals surface area (Å²) in [6, 6.07) is 6.75. The van der Waals surface area contributed by atoms with Gasteiger partial charge in [0.15, 0.2) is 0 Å². The number of nitrogens with two attached hydrogens (primary N) is 1. The lowest BCUT2D eigenvalue weighted by Gasteiger charge is -2.10. The molecule has 0 radical (unpaired) electrons. The predicted octanol–water partition coefficient (Wildman–Crippen LogP) is 1.36. The Morgan fingerprint density at radius 2 is 2.00 bits per heavy atom. The van der Waals surface area contributed by atoms with Crippen molar-refractivity contribution in [2.45, 2.75) is 16.6 Å². The molecule has 1 aromatic rings.